The van der Waals surface area contributed by atoms with Crippen LogP contribution in [0.5, 0.6) is 0 Å². The Balaban J connectivity index is 2.69. The number of nitrogens with one attached hydrogen (secondary N) is 1. The highest BCUT2D eigenvalue weighted by Gasteiger charge is 2.29. The molecule has 0 saturated heterocycles. The van der Waals surface area contributed by atoms with Crippen molar-refractivity contribution in [2.75, 3.05) is 0 Å². The zero-order chi connectivity index (χ0) is 13.8. The Bertz CT molecular complexity index is 444. The van der Waals surface area contributed by atoms with Crippen molar-refractivity contribution >= 4 is 11.7 Å². The third-order valence-electron chi connectivity index (χ3n) is 3.01. The van der Waals surface area contributed by atoms with Crippen LogP contribution in [0.1, 0.15) is 25.8 Å². The average Bonchev–Trinajstić information content (AvgIpc) is 2.36. The Morgan fingerprint density at radius 3 is 2.39 bits per heavy atom. The van der Waals surface area contributed by atoms with E-state index < -0.39 is 16.4 Å². The van der Waals surface area contributed by atoms with Gasteiger partial charge in [0.15, 0.2) is 0 Å². The highest BCUT2D eigenvalue weighted by atomic mass is 16.6. The molecule has 1 aromatic rings. The zero-order valence-electron chi connectivity index (χ0n) is 10.3. The number of hydrogen-bond donors (Lipinski definition) is 2. The molecule has 0 heterocycles. The van der Waals surface area contributed by atoms with Crippen LogP contribution in [0, 0.1) is 10.1 Å². The summed E-state index contributed by atoms with van der Waals surface area (Å²) in [5.41, 5.74) is -0.154. The normalized spacial score (nSPS) is 13.9. The Morgan fingerprint density at radius 1 is 1.44 bits per heavy atom. The molecule has 1 rings (SSSR count). The molecule has 0 aliphatic heterocycles. The van der Waals surface area contributed by atoms with E-state index in [9.17, 15) is 14.9 Å². The molecule has 2 N–H and O–H groups in total. The maximum atomic E-state index is 11.1. The van der Waals surface area contributed by atoms with Crippen molar-refractivity contribution in [2.24, 2.45) is 0 Å². The predicted molar refractivity (Wildman–Crippen MR) is 66.3 cm³/mol. The van der Waals surface area contributed by atoms with Crippen molar-refractivity contribution in [3.8, 4) is 0 Å². The van der Waals surface area contributed by atoms with Gasteiger partial charge in [-0.2, -0.15) is 0 Å². The molecule has 0 amide bonds. The number of nitrogens with zero attached hydrogens (tertiary/aromatic N) is 1. The molecule has 18 heavy (non-hydrogen) atoms. The Morgan fingerprint density at radius 2 is 2.00 bits per heavy atom. The van der Waals surface area contributed by atoms with Gasteiger partial charge in [-0.05, 0) is 18.9 Å². The van der Waals surface area contributed by atoms with E-state index in [4.69, 9.17) is 5.11 Å². The first-order chi connectivity index (χ1) is 8.39. The van der Waals surface area contributed by atoms with Crippen LogP contribution in [0.3, 0.4) is 0 Å². The summed E-state index contributed by atoms with van der Waals surface area (Å²) in [6.45, 7) is 3.76. The lowest BCUT2D eigenvalue weighted by Crippen LogP contribution is -2.48. The summed E-state index contributed by atoms with van der Waals surface area (Å²) < 4.78 is 0. The number of non-ortho nitro benzene ring substituents is 1. The van der Waals surface area contributed by atoms with Gasteiger partial charge in [-0.1, -0.05) is 19.1 Å². The quantitative estimate of drug-likeness (QED) is 0.596. The molecule has 0 aliphatic carbocycles. The molecule has 0 fully saturated rings. The van der Waals surface area contributed by atoms with Gasteiger partial charge in [0, 0.05) is 18.7 Å². The Labute approximate surface area is 105 Å². The average molecular weight is 252 g/mol. The summed E-state index contributed by atoms with van der Waals surface area (Å²) >= 11 is 0. The summed E-state index contributed by atoms with van der Waals surface area (Å²) in [6, 6.07) is 6.04. The Kier molecular flexibility index (Phi) is 4.38. The van der Waals surface area contributed by atoms with E-state index in [1.807, 2.05) is 0 Å². The van der Waals surface area contributed by atoms with Crippen LogP contribution < -0.4 is 5.32 Å². The lowest BCUT2D eigenvalue weighted by Gasteiger charge is -2.24. The summed E-state index contributed by atoms with van der Waals surface area (Å²) in [7, 11) is 0. The topological polar surface area (TPSA) is 92.5 Å². The van der Waals surface area contributed by atoms with Crippen molar-refractivity contribution in [1.29, 1.82) is 0 Å². The minimum absolute atomic E-state index is 0.0234. The van der Waals surface area contributed by atoms with Crippen LogP contribution in [0.15, 0.2) is 24.3 Å². The van der Waals surface area contributed by atoms with Gasteiger partial charge in [0.05, 0.1) is 4.92 Å². The molecule has 0 spiro atoms. The van der Waals surface area contributed by atoms with Crippen LogP contribution >= 0.6 is 0 Å². The highest BCUT2D eigenvalue weighted by Crippen LogP contribution is 2.14. The third kappa shape index (κ3) is 3.27. The number of rotatable bonds is 6. The third-order valence-corrected chi connectivity index (χ3v) is 3.01. The summed E-state index contributed by atoms with van der Waals surface area (Å²) in [6.07, 6.45) is 0.454. The van der Waals surface area contributed by atoms with Crippen LogP contribution in [0.2, 0.25) is 0 Å². The molecular weight excluding hydrogens is 236 g/mol. The maximum absolute atomic E-state index is 11.1. The molecule has 1 unspecified atom stereocenters. The molecule has 98 valence electrons. The van der Waals surface area contributed by atoms with Gasteiger partial charge >= 0.3 is 5.97 Å². The predicted octanol–water partition coefficient (Wildman–Crippen LogP) is 1.94. The minimum Gasteiger partial charge on any atom is -0.480 e. The van der Waals surface area contributed by atoms with Crippen LogP contribution in [0.25, 0.3) is 0 Å². The van der Waals surface area contributed by atoms with Gasteiger partial charge in [-0.3, -0.25) is 20.2 Å². The number of aliphatic carboxylic acids is 1. The number of carboxylic acids is 1. The molecule has 1 aromatic carbocycles. The Hall–Kier alpha value is -1.95. The van der Waals surface area contributed by atoms with Crippen molar-refractivity contribution in [3.63, 3.8) is 0 Å². The van der Waals surface area contributed by atoms with Crippen molar-refractivity contribution in [2.45, 2.75) is 32.4 Å². The van der Waals surface area contributed by atoms with Gasteiger partial charge in [0.2, 0.25) is 0 Å². The van der Waals surface area contributed by atoms with Crippen molar-refractivity contribution in [1.82, 2.24) is 5.32 Å². The number of benzene rings is 1. The van der Waals surface area contributed by atoms with E-state index in [1.54, 1.807) is 26.0 Å². The molecule has 0 bridgehead atoms. The number of carboxylic acid groups (broad SMARTS) is 1. The fourth-order valence-electron chi connectivity index (χ4n) is 1.38. The highest BCUT2D eigenvalue weighted by molar-refractivity contribution is 5.78. The minimum atomic E-state index is -0.984. The summed E-state index contributed by atoms with van der Waals surface area (Å²) in [4.78, 5) is 21.1. The van der Waals surface area contributed by atoms with E-state index in [0.29, 0.717) is 13.0 Å². The molecule has 0 saturated carbocycles. The lowest BCUT2D eigenvalue weighted by molar-refractivity contribution is -0.384. The maximum Gasteiger partial charge on any atom is 0.323 e. The first-order valence-electron chi connectivity index (χ1n) is 5.61. The number of hydrogen-bond acceptors (Lipinski definition) is 4. The van der Waals surface area contributed by atoms with Gasteiger partial charge in [-0.25, -0.2) is 0 Å². The summed E-state index contributed by atoms with van der Waals surface area (Å²) in [5.74, 6) is -0.910. The van der Waals surface area contributed by atoms with E-state index in [0.717, 1.165) is 5.56 Å². The fraction of sp³-hybridized carbons (Fsp3) is 0.417. The van der Waals surface area contributed by atoms with Crippen molar-refractivity contribution < 1.29 is 14.8 Å². The number of nitro benzene ring substituents is 1. The molecule has 0 aromatic heterocycles. The second-order valence-corrected chi connectivity index (χ2v) is 4.27. The number of carbonyl (C=O) groups is 1. The van der Waals surface area contributed by atoms with Gasteiger partial charge < -0.3 is 5.11 Å². The summed E-state index contributed by atoms with van der Waals surface area (Å²) in [5, 5.41) is 22.5. The SMILES string of the molecule is CCC(C)(NCc1ccc([N+](=O)[O-])cc1)C(=O)O. The molecule has 0 aliphatic rings. The number of nitro groups is 1. The van der Waals surface area contributed by atoms with E-state index in [-0.39, 0.29) is 5.69 Å². The largest absolute Gasteiger partial charge is 0.480 e. The lowest BCUT2D eigenvalue weighted by atomic mass is 9.99. The van der Waals surface area contributed by atoms with Crippen LogP contribution in [0.4, 0.5) is 5.69 Å². The van der Waals surface area contributed by atoms with Crippen molar-refractivity contribution in [3.05, 3.63) is 39.9 Å². The van der Waals surface area contributed by atoms with Crippen LogP contribution in [-0.4, -0.2) is 21.5 Å². The monoisotopic (exact) mass is 252 g/mol. The standard InChI is InChI=1S/C12H16N2O4/c1-3-12(2,11(15)16)13-8-9-4-6-10(7-5-9)14(17)18/h4-7,13H,3,8H2,1-2H3,(H,15,16). The molecule has 1 atom stereocenters. The molecule has 6 nitrogen and oxygen atoms in total. The zero-order valence-corrected chi connectivity index (χ0v) is 10.3. The molecular formula is C12H16N2O4. The van der Waals surface area contributed by atoms with Gasteiger partial charge in [-0.15, -0.1) is 0 Å². The second kappa shape index (κ2) is 5.59. The van der Waals surface area contributed by atoms with Crippen LogP contribution in [-0.2, 0) is 11.3 Å². The van der Waals surface area contributed by atoms with E-state index >= 15 is 0 Å². The van der Waals surface area contributed by atoms with E-state index in [1.165, 1.54) is 12.1 Å². The second-order valence-electron chi connectivity index (χ2n) is 4.27. The van der Waals surface area contributed by atoms with Gasteiger partial charge in [0.1, 0.15) is 5.54 Å². The van der Waals surface area contributed by atoms with E-state index in [2.05, 4.69) is 5.32 Å². The first-order valence-corrected chi connectivity index (χ1v) is 5.61. The molecule has 0 radical (unpaired) electrons. The fourth-order valence-corrected chi connectivity index (χ4v) is 1.38. The van der Waals surface area contributed by atoms with Gasteiger partial charge in [0.25, 0.3) is 5.69 Å². The smallest absolute Gasteiger partial charge is 0.323 e. The first kappa shape index (κ1) is 14.1. The molecule has 6 heteroatoms.